The SMILES string of the molecule is CC/C=C\C/C=C\CCCCC(=O)OCC(COC(=O)CCCCCCCCC/C=C\CCCCCCCC)OC(=O)CCCCCCCCCCCC. The highest BCUT2D eigenvalue weighted by atomic mass is 16.6. The molecule has 0 saturated carbocycles. The topological polar surface area (TPSA) is 78.9 Å². The summed E-state index contributed by atoms with van der Waals surface area (Å²) in [6.45, 7) is 6.46. The molecule has 6 nitrogen and oxygen atoms in total. The van der Waals surface area contributed by atoms with E-state index in [0.717, 1.165) is 70.6 Å². The maximum Gasteiger partial charge on any atom is 0.306 e. The number of rotatable bonds is 41. The summed E-state index contributed by atoms with van der Waals surface area (Å²) in [5, 5.41) is 0. The molecule has 0 amide bonds. The minimum Gasteiger partial charge on any atom is -0.462 e. The molecule has 314 valence electrons. The first kappa shape index (κ1) is 51.6. The number of carbonyl (C=O) groups is 3. The zero-order valence-corrected chi connectivity index (χ0v) is 35.7. The molecule has 0 bridgehead atoms. The van der Waals surface area contributed by atoms with Crippen LogP contribution in [0.5, 0.6) is 0 Å². The van der Waals surface area contributed by atoms with Gasteiger partial charge in [-0.3, -0.25) is 14.4 Å². The number of carbonyl (C=O) groups excluding carboxylic acids is 3. The van der Waals surface area contributed by atoms with Gasteiger partial charge in [-0.15, -0.1) is 0 Å². The molecule has 0 heterocycles. The van der Waals surface area contributed by atoms with E-state index in [0.29, 0.717) is 19.3 Å². The number of esters is 3. The van der Waals surface area contributed by atoms with Gasteiger partial charge in [0.25, 0.3) is 0 Å². The maximum atomic E-state index is 12.7. The average Bonchev–Trinajstić information content (AvgIpc) is 3.17. The fourth-order valence-corrected chi connectivity index (χ4v) is 6.41. The van der Waals surface area contributed by atoms with E-state index in [-0.39, 0.29) is 31.1 Å². The number of hydrogen-bond donors (Lipinski definition) is 0. The Morgan fingerprint density at radius 1 is 0.389 bits per heavy atom. The Balaban J connectivity index is 4.30. The summed E-state index contributed by atoms with van der Waals surface area (Å²) in [5.74, 6) is -0.925. The normalized spacial score (nSPS) is 12.3. The second kappa shape index (κ2) is 43.4. The first-order valence-electron chi connectivity index (χ1n) is 23.0. The van der Waals surface area contributed by atoms with Crippen LogP contribution in [0.4, 0.5) is 0 Å². The molecule has 0 radical (unpaired) electrons. The highest BCUT2D eigenvalue weighted by Gasteiger charge is 2.19. The third-order valence-electron chi connectivity index (χ3n) is 9.88. The average molecular weight is 759 g/mol. The molecule has 54 heavy (non-hydrogen) atoms. The first-order chi connectivity index (χ1) is 26.5. The molecule has 0 aromatic heterocycles. The molecule has 0 aromatic carbocycles. The van der Waals surface area contributed by atoms with Crippen LogP contribution in [0, 0.1) is 0 Å². The second-order valence-electron chi connectivity index (χ2n) is 15.3. The lowest BCUT2D eigenvalue weighted by Crippen LogP contribution is -2.30. The van der Waals surface area contributed by atoms with Gasteiger partial charge in [-0.1, -0.05) is 179 Å². The molecule has 0 N–H and O–H groups in total. The predicted octanol–water partition coefficient (Wildman–Crippen LogP) is 14.6. The summed E-state index contributed by atoms with van der Waals surface area (Å²) in [7, 11) is 0. The Labute approximate surface area is 334 Å². The molecule has 0 fully saturated rings. The van der Waals surface area contributed by atoms with Crippen molar-refractivity contribution in [3.63, 3.8) is 0 Å². The van der Waals surface area contributed by atoms with Crippen molar-refractivity contribution in [2.24, 2.45) is 0 Å². The van der Waals surface area contributed by atoms with Crippen molar-refractivity contribution in [3.05, 3.63) is 36.5 Å². The molecule has 0 aromatic rings. The van der Waals surface area contributed by atoms with Gasteiger partial charge >= 0.3 is 17.9 Å². The van der Waals surface area contributed by atoms with Crippen LogP contribution in [0.1, 0.15) is 233 Å². The zero-order valence-electron chi connectivity index (χ0n) is 35.7. The fourth-order valence-electron chi connectivity index (χ4n) is 6.41. The summed E-state index contributed by atoms with van der Waals surface area (Å²) in [5.41, 5.74) is 0. The van der Waals surface area contributed by atoms with Gasteiger partial charge in [-0.25, -0.2) is 0 Å². The second-order valence-corrected chi connectivity index (χ2v) is 15.3. The molecule has 0 rings (SSSR count). The summed E-state index contributed by atoms with van der Waals surface area (Å²) in [4.78, 5) is 37.6. The Kier molecular flexibility index (Phi) is 41.5. The quantitative estimate of drug-likeness (QED) is 0.0267. The van der Waals surface area contributed by atoms with Crippen LogP contribution in [0.2, 0.25) is 0 Å². The van der Waals surface area contributed by atoms with E-state index in [1.807, 2.05) is 0 Å². The predicted molar refractivity (Wildman–Crippen MR) is 229 cm³/mol. The number of ether oxygens (including phenoxy) is 3. The van der Waals surface area contributed by atoms with Gasteiger partial charge in [0.15, 0.2) is 6.10 Å². The molecule has 0 spiro atoms. The van der Waals surface area contributed by atoms with Gasteiger partial charge in [-0.2, -0.15) is 0 Å². The third kappa shape index (κ3) is 40.8. The molecule has 6 heteroatoms. The molecule has 0 saturated heterocycles. The molecule has 1 atom stereocenters. The fraction of sp³-hybridized carbons (Fsp3) is 0.812. The molecule has 0 aliphatic carbocycles. The molecule has 0 aliphatic heterocycles. The highest BCUT2D eigenvalue weighted by molar-refractivity contribution is 5.71. The maximum absolute atomic E-state index is 12.7. The van der Waals surface area contributed by atoms with Crippen molar-refractivity contribution >= 4 is 17.9 Å². The Hall–Kier alpha value is -2.37. The van der Waals surface area contributed by atoms with Crippen LogP contribution in [0.15, 0.2) is 36.5 Å². The van der Waals surface area contributed by atoms with Crippen LogP contribution >= 0.6 is 0 Å². The molecule has 1 unspecified atom stereocenters. The van der Waals surface area contributed by atoms with E-state index in [1.165, 1.54) is 122 Å². The first-order valence-corrected chi connectivity index (χ1v) is 23.0. The van der Waals surface area contributed by atoms with Crippen LogP contribution < -0.4 is 0 Å². The Bertz CT molecular complexity index is 922. The van der Waals surface area contributed by atoms with Crippen molar-refractivity contribution in [2.45, 2.75) is 239 Å². The summed E-state index contributed by atoms with van der Waals surface area (Å²) in [6, 6.07) is 0. The van der Waals surface area contributed by atoms with Gasteiger partial charge in [-0.05, 0) is 70.6 Å². The van der Waals surface area contributed by atoms with Crippen molar-refractivity contribution in [3.8, 4) is 0 Å². The molecular weight excluding hydrogens is 673 g/mol. The number of hydrogen-bond acceptors (Lipinski definition) is 6. The van der Waals surface area contributed by atoms with Gasteiger partial charge in [0.05, 0.1) is 0 Å². The van der Waals surface area contributed by atoms with E-state index in [2.05, 4.69) is 57.2 Å². The van der Waals surface area contributed by atoms with Gasteiger partial charge in [0.2, 0.25) is 0 Å². The largest absolute Gasteiger partial charge is 0.462 e. The van der Waals surface area contributed by atoms with Crippen molar-refractivity contribution in [1.29, 1.82) is 0 Å². The lowest BCUT2D eigenvalue weighted by molar-refractivity contribution is -0.167. The van der Waals surface area contributed by atoms with E-state index < -0.39 is 6.10 Å². The lowest BCUT2D eigenvalue weighted by atomic mass is 10.1. The number of allylic oxidation sites excluding steroid dienone is 6. The van der Waals surface area contributed by atoms with Crippen LogP contribution in [-0.4, -0.2) is 37.2 Å². The minimum absolute atomic E-state index is 0.0828. The standard InChI is InChI=1S/C48H86O6/c1-4-7-10-13-16-19-21-22-23-24-25-26-27-30-32-35-38-41-47(50)53-44-45(43-52-46(49)40-37-34-31-28-18-15-12-9-6-3)54-48(51)42-39-36-33-29-20-17-14-11-8-5-2/h9,12,18,22-23,28,45H,4-8,10-11,13-17,19-21,24-27,29-44H2,1-3H3/b12-9-,23-22-,28-18-. The number of unbranched alkanes of at least 4 members (excludes halogenated alkanes) is 24. The smallest absolute Gasteiger partial charge is 0.306 e. The minimum atomic E-state index is -0.780. The van der Waals surface area contributed by atoms with Crippen molar-refractivity contribution in [2.75, 3.05) is 13.2 Å². The van der Waals surface area contributed by atoms with E-state index in [1.54, 1.807) is 0 Å². The molecular formula is C48H86O6. The van der Waals surface area contributed by atoms with Crippen molar-refractivity contribution < 1.29 is 28.6 Å². The zero-order chi connectivity index (χ0) is 39.4. The lowest BCUT2D eigenvalue weighted by Gasteiger charge is -2.18. The van der Waals surface area contributed by atoms with E-state index >= 15 is 0 Å². The van der Waals surface area contributed by atoms with E-state index in [9.17, 15) is 14.4 Å². The highest BCUT2D eigenvalue weighted by Crippen LogP contribution is 2.14. The molecule has 0 aliphatic rings. The van der Waals surface area contributed by atoms with E-state index in [4.69, 9.17) is 14.2 Å². The van der Waals surface area contributed by atoms with Crippen LogP contribution in [0.25, 0.3) is 0 Å². The summed E-state index contributed by atoms with van der Waals surface area (Å²) >= 11 is 0. The van der Waals surface area contributed by atoms with Gasteiger partial charge in [0, 0.05) is 19.3 Å². The van der Waals surface area contributed by atoms with Gasteiger partial charge in [0.1, 0.15) is 13.2 Å². The summed E-state index contributed by atoms with van der Waals surface area (Å²) < 4.78 is 16.6. The Morgan fingerprint density at radius 3 is 1.17 bits per heavy atom. The van der Waals surface area contributed by atoms with Gasteiger partial charge < -0.3 is 14.2 Å². The van der Waals surface area contributed by atoms with Crippen molar-refractivity contribution in [1.82, 2.24) is 0 Å². The Morgan fingerprint density at radius 2 is 0.722 bits per heavy atom. The van der Waals surface area contributed by atoms with Crippen LogP contribution in [0.3, 0.4) is 0 Å². The third-order valence-corrected chi connectivity index (χ3v) is 9.88. The van der Waals surface area contributed by atoms with Crippen LogP contribution in [-0.2, 0) is 28.6 Å². The monoisotopic (exact) mass is 759 g/mol. The summed E-state index contributed by atoms with van der Waals surface area (Å²) in [6.07, 6.45) is 48.5.